The number of aliphatic hydroxyl groups excluding tert-OH is 2. The van der Waals surface area contributed by atoms with E-state index in [0.717, 1.165) is 42.7 Å². The molecule has 4 atom stereocenters. The number of benzene rings is 1. The first-order chi connectivity index (χ1) is 12.5. The molecule has 6 heteroatoms. The molecule has 140 valence electrons. The van der Waals surface area contributed by atoms with Gasteiger partial charge in [0.05, 0.1) is 17.7 Å². The van der Waals surface area contributed by atoms with Gasteiger partial charge in [0.2, 0.25) is 5.95 Å². The molecule has 4 rings (SSSR count). The Bertz CT molecular complexity index is 783. The number of rotatable bonds is 2. The van der Waals surface area contributed by atoms with Crippen LogP contribution in [-0.2, 0) is 0 Å². The molecule has 26 heavy (non-hydrogen) atoms. The van der Waals surface area contributed by atoms with Gasteiger partial charge in [-0.1, -0.05) is 26.0 Å². The minimum Gasteiger partial charge on any atom is -0.391 e. The van der Waals surface area contributed by atoms with Crippen molar-refractivity contribution in [3.05, 3.63) is 24.3 Å². The topological polar surface area (TPSA) is 72.7 Å². The number of piperidine rings is 2. The lowest BCUT2D eigenvalue weighted by Crippen LogP contribution is -2.45. The van der Waals surface area contributed by atoms with E-state index in [1.807, 2.05) is 24.3 Å². The zero-order chi connectivity index (χ0) is 18.3. The summed E-state index contributed by atoms with van der Waals surface area (Å²) in [5, 5.41) is 21.6. The fourth-order valence-corrected chi connectivity index (χ4v) is 3.90. The third-order valence-electron chi connectivity index (χ3n) is 5.99. The molecule has 4 unspecified atom stereocenters. The van der Waals surface area contributed by atoms with Crippen LogP contribution >= 0.6 is 0 Å². The van der Waals surface area contributed by atoms with Crippen molar-refractivity contribution >= 4 is 22.7 Å². The van der Waals surface area contributed by atoms with E-state index in [2.05, 4.69) is 23.6 Å². The second-order valence-corrected chi connectivity index (χ2v) is 7.92. The van der Waals surface area contributed by atoms with Crippen LogP contribution in [0.15, 0.2) is 24.3 Å². The Morgan fingerprint density at radius 3 is 2.19 bits per heavy atom. The molecule has 1 aromatic carbocycles. The lowest BCUT2D eigenvalue weighted by molar-refractivity contribution is 0.102. The van der Waals surface area contributed by atoms with Crippen molar-refractivity contribution in [2.75, 3.05) is 36.0 Å². The molecule has 2 aliphatic rings. The number of hydrogen-bond acceptors (Lipinski definition) is 6. The number of para-hydroxylation sites is 1. The molecular formula is C20H28N4O2. The maximum Gasteiger partial charge on any atom is 0.227 e. The molecule has 2 N–H and O–H groups in total. The quantitative estimate of drug-likeness (QED) is 0.858. The van der Waals surface area contributed by atoms with Crippen molar-refractivity contribution in [3.8, 4) is 0 Å². The van der Waals surface area contributed by atoms with Crippen LogP contribution in [0.1, 0.15) is 26.7 Å². The first-order valence-corrected chi connectivity index (χ1v) is 9.65. The lowest BCUT2D eigenvalue weighted by Gasteiger charge is -2.37. The van der Waals surface area contributed by atoms with Crippen molar-refractivity contribution in [1.82, 2.24) is 9.97 Å². The molecule has 0 amide bonds. The van der Waals surface area contributed by atoms with E-state index in [0.29, 0.717) is 30.9 Å². The molecule has 0 bridgehead atoms. The largest absolute Gasteiger partial charge is 0.391 e. The fraction of sp³-hybridized carbons (Fsp3) is 0.600. The summed E-state index contributed by atoms with van der Waals surface area (Å²) in [6.45, 7) is 7.10. The summed E-state index contributed by atoms with van der Waals surface area (Å²) in [5.41, 5.74) is 0.911. The fourth-order valence-electron chi connectivity index (χ4n) is 3.90. The summed E-state index contributed by atoms with van der Waals surface area (Å²) in [7, 11) is 0. The maximum absolute atomic E-state index is 10.3. The predicted octanol–water partition coefficient (Wildman–Crippen LogP) is 2.04. The average molecular weight is 356 g/mol. The molecule has 2 saturated heterocycles. The van der Waals surface area contributed by atoms with Crippen molar-refractivity contribution in [1.29, 1.82) is 0 Å². The van der Waals surface area contributed by atoms with Crippen LogP contribution < -0.4 is 9.80 Å². The second kappa shape index (κ2) is 7.00. The third kappa shape index (κ3) is 3.23. The first-order valence-electron chi connectivity index (χ1n) is 9.65. The molecule has 0 saturated carbocycles. The van der Waals surface area contributed by atoms with Crippen molar-refractivity contribution in [3.63, 3.8) is 0 Å². The Hall–Kier alpha value is -1.92. The molecule has 0 radical (unpaired) electrons. The molecule has 3 heterocycles. The molecule has 0 spiro atoms. The van der Waals surface area contributed by atoms with Gasteiger partial charge in [0.25, 0.3) is 0 Å². The average Bonchev–Trinajstić information content (AvgIpc) is 2.65. The lowest BCUT2D eigenvalue weighted by atomic mass is 9.96. The highest BCUT2D eigenvalue weighted by atomic mass is 16.3. The summed E-state index contributed by atoms with van der Waals surface area (Å²) in [6, 6.07) is 8.05. The van der Waals surface area contributed by atoms with Crippen LogP contribution in [0.25, 0.3) is 10.9 Å². The summed E-state index contributed by atoms with van der Waals surface area (Å²) in [6.07, 6.45) is 1.21. The van der Waals surface area contributed by atoms with Gasteiger partial charge in [-0.05, 0) is 36.8 Å². The number of hydrogen-bond donors (Lipinski definition) is 2. The van der Waals surface area contributed by atoms with E-state index >= 15 is 0 Å². The zero-order valence-electron chi connectivity index (χ0n) is 15.5. The van der Waals surface area contributed by atoms with Gasteiger partial charge in [-0.2, -0.15) is 4.98 Å². The van der Waals surface area contributed by atoms with Crippen LogP contribution in [0, 0.1) is 11.8 Å². The Kier molecular flexibility index (Phi) is 4.71. The Morgan fingerprint density at radius 2 is 1.50 bits per heavy atom. The summed E-state index contributed by atoms with van der Waals surface area (Å²) in [5.74, 6) is 2.20. The van der Waals surface area contributed by atoms with Gasteiger partial charge in [-0.3, -0.25) is 0 Å². The van der Waals surface area contributed by atoms with E-state index in [-0.39, 0.29) is 12.2 Å². The highest BCUT2D eigenvalue weighted by molar-refractivity contribution is 5.90. The van der Waals surface area contributed by atoms with Gasteiger partial charge < -0.3 is 20.0 Å². The van der Waals surface area contributed by atoms with Crippen LogP contribution in [0.2, 0.25) is 0 Å². The normalized spacial score (nSPS) is 30.0. The monoisotopic (exact) mass is 356 g/mol. The summed E-state index contributed by atoms with van der Waals surface area (Å²) >= 11 is 0. The van der Waals surface area contributed by atoms with E-state index in [4.69, 9.17) is 9.97 Å². The smallest absolute Gasteiger partial charge is 0.227 e. The Morgan fingerprint density at radius 1 is 0.885 bits per heavy atom. The maximum atomic E-state index is 10.3. The van der Waals surface area contributed by atoms with E-state index < -0.39 is 0 Å². The van der Waals surface area contributed by atoms with Crippen LogP contribution in [0.5, 0.6) is 0 Å². The van der Waals surface area contributed by atoms with Gasteiger partial charge >= 0.3 is 0 Å². The molecule has 0 aliphatic carbocycles. The van der Waals surface area contributed by atoms with Gasteiger partial charge in [0.15, 0.2) is 0 Å². The van der Waals surface area contributed by atoms with Crippen molar-refractivity contribution in [2.45, 2.75) is 38.9 Å². The second-order valence-electron chi connectivity index (χ2n) is 7.92. The highest BCUT2D eigenvalue weighted by Crippen LogP contribution is 2.31. The first kappa shape index (κ1) is 17.5. The van der Waals surface area contributed by atoms with Gasteiger partial charge in [-0.25, -0.2) is 4.98 Å². The molecule has 1 aromatic heterocycles. The van der Waals surface area contributed by atoms with Gasteiger partial charge in [-0.15, -0.1) is 0 Å². The summed E-state index contributed by atoms with van der Waals surface area (Å²) in [4.78, 5) is 13.9. The molecular weight excluding hydrogens is 328 g/mol. The highest BCUT2D eigenvalue weighted by Gasteiger charge is 2.29. The molecule has 2 aromatic rings. The number of anilines is 2. The third-order valence-corrected chi connectivity index (χ3v) is 5.99. The van der Waals surface area contributed by atoms with E-state index in [9.17, 15) is 10.2 Å². The predicted molar refractivity (Wildman–Crippen MR) is 104 cm³/mol. The van der Waals surface area contributed by atoms with Crippen molar-refractivity contribution in [2.24, 2.45) is 11.8 Å². The number of β-amino-alcohol motifs (C(OH)–C–C–N with tert-alkyl or cyclic N) is 2. The number of aliphatic hydroxyl groups is 2. The van der Waals surface area contributed by atoms with Crippen LogP contribution in [0.3, 0.4) is 0 Å². The number of fused-ring (bicyclic) bond motifs is 1. The van der Waals surface area contributed by atoms with Crippen molar-refractivity contribution < 1.29 is 10.2 Å². The zero-order valence-corrected chi connectivity index (χ0v) is 15.5. The minimum absolute atomic E-state index is 0.310. The summed E-state index contributed by atoms with van der Waals surface area (Å²) < 4.78 is 0. The number of nitrogens with zero attached hydrogens (tertiary/aromatic N) is 4. The minimum atomic E-state index is -0.347. The van der Waals surface area contributed by atoms with Gasteiger partial charge in [0.1, 0.15) is 5.82 Å². The number of aromatic nitrogens is 2. The Balaban J connectivity index is 1.72. The van der Waals surface area contributed by atoms with E-state index in [1.165, 1.54) is 0 Å². The standard InChI is InChI=1S/C20H28N4O2/c1-13-7-9-23(11-17(13)25)19-15-5-3-4-6-16(15)21-20(22-19)24-10-8-14(2)18(26)12-24/h3-6,13-14,17-18,25-26H,7-12H2,1-2H3. The molecule has 2 aliphatic heterocycles. The van der Waals surface area contributed by atoms with Gasteiger partial charge in [0, 0.05) is 31.6 Å². The van der Waals surface area contributed by atoms with E-state index in [1.54, 1.807) is 0 Å². The molecule has 2 fully saturated rings. The Labute approximate surface area is 154 Å². The SMILES string of the molecule is CC1CCN(c2nc(N3CCC(C)C(O)C3)c3ccccc3n2)CC1O. The van der Waals surface area contributed by atoms with Crippen LogP contribution in [0.4, 0.5) is 11.8 Å². The molecule has 6 nitrogen and oxygen atoms in total. The van der Waals surface area contributed by atoms with Crippen LogP contribution in [-0.4, -0.2) is 58.6 Å².